The molecule has 31 heavy (non-hydrogen) atoms. The van der Waals surface area contributed by atoms with Crippen LogP contribution in [0, 0.1) is 13.8 Å². The summed E-state index contributed by atoms with van der Waals surface area (Å²) in [6.07, 6.45) is 3.47. The number of Topliss-reactive ketones (excluding diaryl/α,β-unsaturated/α-hetero) is 1. The summed E-state index contributed by atoms with van der Waals surface area (Å²) in [7, 11) is 0. The lowest BCUT2D eigenvalue weighted by molar-refractivity contribution is 0.102. The van der Waals surface area contributed by atoms with E-state index in [1.54, 1.807) is 12.4 Å². The second-order valence-corrected chi connectivity index (χ2v) is 8.62. The predicted octanol–water partition coefficient (Wildman–Crippen LogP) is 5.30. The zero-order valence-corrected chi connectivity index (χ0v) is 18.9. The highest BCUT2D eigenvalue weighted by Crippen LogP contribution is 2.29. The van der Waals surface area contributed by atoms with Gasteiger partial charge in [-0.3, -0.25) is 14.3 Å². The summed E-state index contributed by atoms with van der Waals surface area (Å²) in [6.45, 7) is 8.32. The van der Waals surface area contributed by atoms with Crippen molar-refractivity contribution in [1.29, 1.82) is 0 Å². The molecule has 0 fully saturated rings. The lowest BCUT2D eigenvalue weighted by Crippen LogP contribution is -2.09. The van der Waals surface area contributed by atoms with Gasteiger partial charge < -0.3 is 4.57 Å². The number of nitrogens with zero attached hydrogens (tertiary/aromatic N) is 5. The van der Waals surface area contributed by atoms with Crippen LogP contribution in [0.4, 0.5) is 0 Å². The minimum Gasteiger partial charge on any atom is -0.346 e. The maximum absolute atomic E-state index is 13.1. The Morgan fingerprint density at radius 2 is 1.74 bits per heavy atom. The van der Waals surface area contributed by atoms with Gasteiger partial charge in [-0.2, -0.15) is 0 Å². The Kier molecular flexibility index (Phi) is 6.04. The Morgan fingerprint density at radius 3 is 2.39 bits per heavy atom. The Balaban J connectivity index is 1.65. The SMILES string of the molecule is Cc1cc(C(=O)CSc2nnc(-c3ccncc3)n2-c2ccccc2)c(C)n1C(C)C. The molecule has 0 spiro atoms. The van der Waals surface area contributed by atoms with Crippen molar-refractivity contribution in [1.82, 2.24) is 24.3 Å². The molecule has 7 heteroatoms. The quantitative estimate of drug-likeness (QED) is 0.293. The minimum atomic E-state index is 0.0954. The molecule has 0 aliphatic carbocycles. The lowest BCUT2D eigenvalue weighted by atomic mass is 10.2. The first-order valence-electron chi connectivity index (χ1n) is 10.2. The van der Waals surface area contributed by atoms with Gasteiger partial charge in [0.1, 0.15) is 0 Å². The average Bonchev–Trinajstić information content (AvgIpc) is 3.33. The molecule has 0 radical (unpaired) electrons. The topological polar surface area (TPSA) is 65.6 Å². The Morgan fingerprint density at radius 1 is 1.03 bits per heavy atom. The van der Waals surface area contributed by atoms with E-state index in [0.29, 0.717) is 17.0 Å². The van der Waals surface area contributed by atoms with Gasteiger partial charge in [-0.15, -0.1) is 10.2 Å². The molecule has 0 aliphatic heterocycles. The van der Waals surface area contributed by atoms with E-state index in [1.165, 1.54) is 11.8 Å². The molecule has 3 heterocycles. The van der Waals surface area contributed by atoms with Crippen molar-refractivity contribution in [3.05, 3.63) is 77.9 Å². The van der Waals surface area contributed by atoms with Gasteiger partial charge in [0.05, 0.1) is 5.75 Å². The van der Waals surface area contributed by atoms with Crippen molar-refractivity contribution in [2.45, 2.75) is 38.9 Å². The molecule has 4 rings (SSSR count). The van der Waals surface area contributed by atoms with E-state index in [9.17, 15) is 4.79 Å². The van der Waals surface area contributed by atoms with E-state index in [0.717, 1.165) is 34.0 Å². The van der Waals surface area contributed by atoms with Crippen LogP contribution in [0.25, 0.3) is 17.1 Å². The van der Waals surface area contributed by atoms with Crippen LogP contribution in [0.2, 0.25) is 0 Å². The Hall–Kier alpha value is -3.19. The fourth-order valence-electron chi connectivity index (χ4n) is 3.92. The maximum Gasteiger partial charge on any atom is 0.196 e. The van der Waals surface area contributed by atoms with Crippen molar-refractivity contribution < 1.29 is 4.79 Å². The number of aromatic nitrogens is 5. The van der Waals surface area contributed by atoms with E-state index in [2.05, 4.69) is 33.6 Å². The van der Waals surface area contributed by atoms with Crippen molar-refractivity contribution in [2.75, 3.05) is 5.75 Å². The number of hydrogen-bond donors (Lipinski definition) is 0. The molecule has 0 unspecified atom stereocenters. The first-order chi connectivity index (χ1) is 15.0. The standard InChI is InChI=1S/C24H25N5OS/c1-16(2)28-17(3)14-21(18(28)4)22(30)15-31-24-27-26-23(19-10-12-25-13-11-19)29(24)20-8-6-5-7-9-20/h5-14,16H,15H2,1-4H3. The van der Waals surface area contributed by atoms with Gasteiger partial charge in [-0.1, -0.05) is 30.0 Å². The van der Waals surface area contributed by atoms with Crippen LogP contribution in [0.15, 0.2) is 66.1 Å². The smallest absolute Gasteiger partial charge is 0.196 e. The summed E-state index contributed by atoms with van der Waals surface area (Å²) in [5, 5.41) is 9.51. The molecule has 0 saturated carbocycles. The summed E-state index contributed by atoms with van der Waals surface area (Å²) in [5.74, 6) is 1.11. The third-order valence-electron chi connectivity index (χ3n) is 5.22. The van der Waals surface area contributed by atoms with Crippen LogP contribution < -0.4 is 0 Å². The molecular formula is C24H25N5OS. The lowest BCUT2D eigenvalue weighted by Gasteiger charge is -2.13. The molecule has 0 N–H and O–H groups in total. The van der Waals surface area contributed by atoms with Gasteiger partial charge in [0, 0.05) is 46.6 Å². The summed E-state index contributed by atoms with van der Waals surface area (Å²) in [5.41, 5.74) is 4.77. The van der Waals surface area contributed by atoms with Crippen LogP contribution >= 0.6 is 11.8 Å². The van der Waals surface area contributed by atoms with E-state index in [4.69, 9.17) is 0 Å². The van der Waals surface area contributed by atoms with E-state index < -0.39 is 0 Å². The largest absolute Gasteiger partial charge is 0.346 e. The highest BCUT2D eigenvalue weighted by molar-refractivity contribution is 7.99. The first-order valence-corrected chi connectivity index (χ1v) is 11.2. The van der Waals surface area contributed by atoms with E-state index in [1.807, 2.05) is 66.9 Å². The van der Waals surface area contributed by atoms with E-state index >= 15 is 0 Å². The molecule has 6 nitrogen and oxygen atoms in total. The van der Waals surface area contributed by atoms with Crippen molar-refractivity contribution in [2.24, 2.45) is 0 Å². The summed E-state index contributed by atoms with van der Waals surface area (Å²) < 4.78 is 4.19. The number of aryl methyl sites for hydroxylation is 1. The zero-order chi connectivity index (χ0) is 22.0. The molecule has 1 aromatic carbocycles. The molecule has 4 aromatic rings. The molecular weight excluding hydrogens is 406 g/mol. The number of rotatable bonds is 7. The fraction of sp³-hybridized carbons (Fsp3) is 0.250. The second kappa shape index (κ2) is 8.89. The number of ketones is 1. The van der Waals surface area contributed by atoms with Crippen LogP contribution in [-0.2, 0) is 0 Å². The van der Waals surface area contributed by atoms with Crippen LogP contribution in [0.5, 0.6) is 0 Å². The molecule has 0 saturated heterocycles. The molecule has 0 atom stereocenters. The van der Waals surface area contributed by atoms with Crippen molar-refractivity contribution in [3.63, 3.8) is 0 Å². The van der Waals surface area contributed by atoms with Gasteiger partial charge >= 0.3 is 0 Å². The third-order valence-corrected chi connectivity index (χ3v) is 6.15. The second-order valence-electron chi connectivity index (χ2n) is 7.67. The number of hydrogen-bond acceptors (Lipinski definition) is 5. The number of thioether (sulfide) groups is 1. The summed E-state index contributed by atoms with van der Waals surface area (Å²) >= 11 is 1.41. The number of para-hydroxylation sites is 1. The van der Waals surface area contributed by atoms with Gasteiger partial charge in [0.2, 0.25) is 0 Å². The Labute approximate surface area is 186 Å². The highest BCUT2D eigenvalue weighted by Gasteiger charge is 2.20. The number of pyridine rings is 1. The number of carbonyl (C=O) groups is 1. The molecule has 0 aliphatic rings. The maximum atomic E-state index is 13.1. The van der Waals surface area contributed by atoms with E-state index in [-0.39, 0.29) is 5.78 Å². The van der Waals surface area contributed by atoms with Gasteiger partial charge in [0.15, 0.2) is 16.8 Å². The van der Waals surface area contributed by atoms with Crippen molar-refractivity contribution in [3.8, 4) is 17.1 Å². The third kappa shape index (κ3) is 4.18. The van der Waals surface area contributed by atoms with Gasteiger partial charge in [-0.25, -0.2) is 0 Å². The van der Waals surface area contributed by atoms with Crippen LogP contribution in [0.1, 0.15) is 41.6 Å². The van der Waals surface area contributed by atoms with Gasteiger partial charge in [0.25, 0.3) is 0 Å². The molecule has 3 aromatic heterocycles. The van der Waals surface area contributed by atoms with Crippen LogP contribution in [0.3, 0.4) is 0 Å². The predicted molar refractivity (Wildman–Crippen MR) is 124 cm³/mol. The molecule has 0 bridgehead atoms. The number of carbonyl (C=O) groups excluding carboxylic acids is 1. The number of benzene rings is 1. The summed E-state index contributed by atoms with van der Waals surface area (Å²) in [4.78, 5) is 17.1. The Bertz CT molecular complexity index is 1200. The summed E-state index contributed by atoms with van der Waals surface area (Å²) in [6, 6.07) is 16.1. The normalized spacial score (nSPS) is 11.3. The average molecular weight is 432 g/mol. The monoisotopic (exact) mass is 431 g/mol. The minimum absolute atomic E-state index is 0.0954. The van der Waals surface area contributed by atoms with Crippen molar-refractivity contribution >= 4 is 17.5 Å². The highest BCUT2D eigenvalue weighted by atomic mass is 32.2. The zero-order valence-electron chi connectivity index (χ0n) is 18.1. The van der Waals surface area contributed by atoms with Gasteiger partial charge in [-0.05, 0) is 58.0 Å². The first kappa shape index (κ1) is 21.1. The molecule has 0 amide bonds. The molecule has 158 valence electrons. The fourth-order valence-corrected chi connectivity index (χ4v) is 4.76. The van der Waals surface area contributed by atoms with Crippen LogP contribution in [-0.4, -0.2) is 35.9 Å².